The zero-order chi connectivity index (χ0) is 15.8. The third-order valence-electron chi connectivity index (χ3n) is 1.92. The highest BCUT2D eigenvalue weighted by atomic mass is 31.2. The van der Waals surface area contributed by atoms with Crippen LogP contribution in [0.5, 0.6) is 0 Å². The van der Waals surface area contributed by atoms with E-state index in [0.29, 0.717) is 6.42 Å². The molecule has 0 rings (SSSR count). The van der Waals surface area contributed by atoms with Gasteiger partial charge in [-0.1, -0.05) is 6.92 Å². The van der Waals surface area contributed by atoms with Crippen molar-refractivity contribution < 1.29 is 33.3 Å². The van der Waals surface area contributed by atoms with Crippen molar-refractivity contribution in [1.29, 1.82) is 0 Å². The third-order valence-corrected chi connectivity index (χ3v) is 2.86. The van der Waals surface area contributed by atoms with Gasteiger partial charge in [-0.2, -0.15) is 0 Å². The number of esters is 1. The van der Waals surface area contributed by atoms with Gasteiger partial charge in [0.05, 0.1) is 12.7 Å². The largest absolute Gasteiger partial charge is 0.425 e. The summed E-state index contributed by atoms with van der Waals surface area (Å²) >= 11 is 0. The maximum Gasteiger partial charge on any atom is 0.410 e. The molecule has 0 heterocycles. The second-order valence-electron chi connectivity index (χ2n) is 4.31. The molecule has 0 aromatic rings. The summed E-state index contributed by atoms with van der Waals surface area (Å²) in [6, 6.07) is 0. The van der Waals surface area contributed by atoms with E-state index in [0.717, 1.165) is 6.66 Å². The van der Waals surface area contributed by atoms with Crippen LogP contribution in [0.1, 0.15) is 26.7 Å². The second-order valence-corrected chi connectivity index (χ2v) is 6.73. The van der Waals surface area contributed by atoms with Crippen molar-refractivity contribution >= 4 is 25.2 Å². The van der Waals surface area contributed by atoms with Gasteiger partial charge in [0.2, 0.25) is 13.7 Å². The molecule has 0 saturated carbocycles. The van der Waals surface area contributed by atoms with Crippen LogP contribution in [0.25, 0.3) is 0 Å². The minimum Gasteiger partial charge on any atom is -0.425 e. The summed E-state index contributed by atoms with van der Waals surface area (Å²) in [7, 11) is -3.45. The number of rotatable bonds is 8. The van der Waals surface area contributed by atoms with Gasteiger partial charge in [0.15, 0.2) is 5.78 Å². The van der Waals surface area contributed by atoms with E-state index in [1.807, 2.05) is 0 Å². The standard InChI is InChI=1S/C11H20NO7P/c1-4-5-10(14)18-8(2)19-11(15)12-6-9(13)7-20(3,16)17/h8H,4-7H2,1-3H3,(H,12,15)(H,16,17). The van der Waals surface area contributed by atoms with Crippen LogP contribution in [0.2, 0.25) is 0 Å². The van der Waals surface area contributed by atoms with Gasteiger partial charge in [-0.3, -0.25) is 14.2 Å². The molecule has 8 nitrogen and oxygen atoms in total. The van der Waals surface area contributed by atoms with Crippen LogP contribution >= 0.6 is 7.37 Å². The molecule has 0 radical (unpaired) electrons. The molecule has 0 aliphatic carbocycles. The lowest BCUT2D eigenvalue weighted by atomic mass is 10.3. The lowest BCUT2D eigenvalue weighted by Crippen LogP contribution is -2.34. The van der Waals surface area contributed by atoms with E-state index in [9.17, 15) is 18.9 Å². The summed E-state index contributed by atoms with van der Waals surface area (Å²) in [6.45, 7) is 3.80. The molecule has 0 fully saturated rings. The molecule has 116 valence electrons. The van der Waals surface area contributed by atoms with Gasteiger partial charge in [0, 0.05) is 20.0 Å². The predicted molar refractivity (Wildman–Crippen MR) is 70.6 cm³/mol. The van der Waals surface area contributed by atoms with Crippen molar-refractivity contribution in [3.63, 3.8) is 0 Å². The number of ether oxygens (including phenoxy) is 2. The molecule has 0 aromatic carbocycles. The van der Waals surface area contributed by atoms with E-state index in [4.69, 9.17) is 9.63 Å². The maximum atomic E-state index is 11.3. The highest BCUT2D eigenvalue weighted by molar-refractivity contribution is 7.58. The van der Waals surface area contributed by atoms with Gasteiger partial charge >= 0.3 is 12.1 Å². The summed E-state index contributed by atoms with van der Waals surface area (Å²) in [6.07, 6.45) is -1.70. The van der Waals surface area contributed by atoms with Gasteiger partial charge < -0.3 is 19.7 Å². The van der Waals surface area contributed by atoms with Crippen LogP contribution in [0, 0.1) is 0 Å². The number of hydrogen-bond acceptors (Lipinski definition) is 6. The van der Waals surface area contributed by atoms with E-state index in [2.05, 4.69) is 10.1 Å². The Hall–Kier alpha value is -1.40. The predicted octanol–water partition coefficient (Wildman–Crippen LogP) is 0.871. The van der Waals surface area contributed by atoms with E-state index in [1.54, 1.807) is 6.92 Å². The smallest absolute Gasteiger partial charge is 0.410 e. The number of nitrogens with one attached hydrogen (secondary N) is 1. The minimum absolute atomic E-state index is 0.218. The van der Waals surface area contributed by atoms with Crippen LogP contribution in [0.3, 0.4) is 0 Å². The Labute approximate surface area is 117 Å². The molecule has 0 aliphatic heterocycles. The molecule has 2 N–H and O–H groups in total. The fraction of sp³-hybridized carbons (Fsp3) is 0.727. The highest BCUT2D eigenvalue weighted by Crippen LogP contribution is 2.34. The molecule has 9 heteroatoms. The average Bonchev–Trinajstić information content (AvgIpc) is 2.23. The lowest BCUT2D eigenvalue weighted by molar-refractivity contribution is -0.164. The Balaban J connectivity index is 3.96. The fourth-order valence-corrected chi connectivity index (χ4v) is 1.98. The van der Waals surface area contributed by atoms with Gasteiger partial charge in [0.1, 0.15) is 0 Å². The number of amides is 1. The molecule has 0 spiro atoms. The third kappa shape index (κ3) is 10.5. The number of alkyl carbamates (subject to hydrolysis) is 1. The van der Waals surface area contributed by atoms with Crippen LogP contribution in [-0.2, 0) is 23.6 Å². The van der Waals surface area contributed by atoms with Crippen molar-refractivity contribution in [2.75, 3.05) is 19.4 Å². The molecule has 0 aromatic heterocycles. The molecule has 2 atom stereocenters. The van der Waals surface area contributed by atoms with Gasteiger partial charge in [-0.05, 0) is 6.42 Å². The SMILES string of the molecule is CCCC(=O)OC(C)OC(=O)NCC(=O)CP(C)(=O)O. The molecule has 2 unspecified atom stereocenters. The molecular weight excluding hydrogens is 289 g/mol. The van der Waals surface area contributed by atoms with E-state index >= 15 is 0 Å². The summed E-state index contributed by atoms with van der Waals surface area (Å²) in [4.78, 5) is 42.6. The van der Waals surface area contributed by atoms with Gasteiger partial charge in [-0.25, -0.2) is 4.79 Å². The van der Waals surface area contributed by atoms with Crippen molar-refractivity contribution in [3.05, 3.63) is 0 Å². The van der Waals surface area contributed by atoms with Crippen molar-refractivity contribution in [3.8, 4) is 0 Å². The van der Waals surface area contributed by atoms with Crippen LogP contribution in [-0.4, -0.2) is 48.4 Å². The number of Topliss-reactive ketones (excluding diaryl/α,β-unsaturated/α-hetero) is 1. The molecule has 0 bridgehead atoms. The Kier molecular flexibility index (Phi) is 8.10. The molecule has 0 aliphatic rings. The second kappa shape index (κ2) is 8.71. The Morgan fingerprint density at radius 2 is 1.90 bits per heavy atom. The first-order chi connectivity index (χ1) is 9.14. The first-order valence-electron chi connectivity index (χ1n) is 6.09. The number of ketones is 1. The average molecular weight is 309 g/mol. The van der Waals surface area contributed by atoms with E-state index < -0.39 is 44.2 Å². The summed E-state index contributed by atoms with van der Waals surface area (Å²) < 4.78 is 20.4. The van der Waals surface area contributed by atoms with Crippen molar-refractivity contribution in [2.45, 2.75) is 33.0 Å². The Morgan fingerprint density at radius 3 is 2.40 bits per heavy atom. The van der Waals surface area contributed by atoms with E-state index in [1.165, 1.54) is 6.92 Å². The molecular formula is C11H20NO7P. The molecule has 20 heavy (non-hydrogen) atoms. The number of hydrogen-bond donors (Lipinski definition) is 2. The Bertz CT molecular complexity index is 404. The summed E-state index contributed by atoms with van der Waals surface area (Å²) in [5.41, 5.74) is 0. The first kappa shape index (κ1) is 18.6. The first-order valence-corrected chi connectivity index (χ1v) is 8.38. The molecule has 0 saturated heterocycles. The highest BCUT2D eigenvalue weighted by Gasteiger charge is 2.18. The maximum absolute atomic E-state index is 11.3. The number of carbonyl (C=O) groups is 3. The number of carbonyl (C=O) groups excluding carboxylic acids is 3. The Morgan fingerprint density at radius 1 is 1.30 bits per heavy atom. The topological polar surface area (TPSA) is 119 Å². The molecule has 1 amide bonds. The summed E-state index contributed by atoms with van der Waals surface area (Å²) in [5.74, 6) is -1.08. The normalized spacial score (nSPS) is 14.8. The zero-order valence-corrected chi connectivity index (χ0v) is 12.6. The quantitative estimate of drug-likeness (QED) is 0.388. The van der Waals surface area contributed by atoms with Gasteiger partial charge in [0.25, 0.3) is 0 Å². The van der Waals surface area contributed by atoms with Crippen molar-refractivity contribution in [1.82, 2.24) is 5.32 Å². The van der Waals surface area contributed by atoms with E-state index in [-0.39, 0.29) is 6.42 Å². The van der Waals surface area contributed by atoms with Crippen molar-refractivity contribution in [2.24, 2.45) is 0 Å². The monoisotopic (exact) mass is 309 g/mol. The van der Waals surface area contributed by atoms with Crippen LogP contribution in [0.4, 0.5) is 4.79 Å². The fourth-order valence-electron chi connectivity index (χ4n) is 1.22. The lowest BCUT2D eigenvalue weighted by Gasteiger charge is -2.14. The van der Waals surface area contributed by atoms with Crippen LogP contribution < -0.4 is 5.32 Å². The van der Waals surface area contributed by atoms with Crippen LogP contribution in [0.15, 0.2) is 0 Å². The summed E-state index contributed by atoms with van der Waals surface area (Å²) in [5, 5.41) is 2.11. The minimum atomic E-state index is -3.45. The van der Waals surface area contributed by atoms with Gasteiger partial charge in [-0.15, -0.1) is 0 Å². The zero-order valence-electron chi connectivity index (χ0n) is 11.7.